The number of nitrogens with zero attached hydrogens (tertiary/aromatic N) is 4. The second-order valence-corrected chi connectivity index (χ2v) is 8.13. The van der Waals surface area contributed by atoms with E-state index in [1.165, 1.54) is 7.11 Å². The van der Waals surface area contributed by atoms with Gasteiger partial charge >= 0.3 is 5.97 Å². The van der Waals surface area contributed by atoms with Crippen LogP contribution in [0.1, 0.15) is 46.6 Å². The van der Waals surface area contributed by atoms with Gasteiger partial charge in [0.1, 0.15) is 0 Å². The first-order valence-corrected chi connectivity index (χ1v) is 10.5. The van der Waals surface area contributed by atoms with Crippen LogP contribution in [0.2, 0.25) is 0 Å². The number of rotatable bonds is 6. The second-order valence-electron chi connectivity index (χ2n) is 8.13. The molecule has 1 fully saturated rings. The van der Waals surface area contributed by atoms with Crippen molar-refractivity contribution in [2.45, 2.75) is 45.6 Å². The highest BCUT2D eigenvalue weighted by Crippen LogP contribution is 2.21. The molecule has 1 aliphatic heterocycles. The van der Waals surface area contributed by atoms with E-state index in [4.69, 9.17) is 4.74 Å². The molecule has 0 bridgehead atoms. The van der Waals surface area contributed by atoms with Gasteiger partial charge in [0.05, 0.1) is 18.5 Å². The topological polar surface area (TPSA) is 67.7 Å². The molecule has 1 aliphatic rings. The van der Waals surface area contributed by atoms with Gasteiger partial charge < -0.3 is 14.5 Å². The molecule has 1 aromatic carbocycles. The van der Waals surface area contributed by atoms with Crippen LogP contribution in [0, 0.1) is 13.8 Å². The average Bonchev–Trinajstić information content (AvgIpc) is 3.05. The van der Waals surface area contributed by atoms with Crippen molar-refractivity contribution in [1.29, 1.82) is 0 Å². The van der Waals surface area contributed by atoms with Crippen molar-refractivity contribution in [2.75, 3.05) is 34.3 Å². The van der Waals surface area contributed by atoms with Crippen LogP contribution >= 0.6 is 0 Å². The summed E-state index contributed by atoms with van der Waals surface area (Å²) in [5.41, 5.74) is 4.55. The summed E-state index contributed by atoms with van der Waals surface area (Å²) >= 11 is 0. The van der Waals surface area contributed by atoms with Crippen molar-refractivity contribution in [3.05, 3.63) is 46.8 Å². The van der Waals surface area contributed by atoms with Crippen molar-refractivity contribution < 1.29 is 14.3 Å². The molecule has 0 atom stereocenters. The number of hydrogen-bond donors (Lipinski definition) is 0. The summed E-state index contributed by atoms with van der Waals surface area (Å²) in [6.07, 6.45) is 2.96. The fourth-order valence-corrected chi connectivity index (χ4v) is 4.11. The Bertz CT molecular complexity index is 896. The lowest BCUT2D eigenvalue weighted by molar-refractivity contribution is -0.140. The minimum atomic E-state index is -0.224. The van der Waals surface area contributed by atoms with Crippen LogP contribution in [-0.2, 0) is 16.0 Å². The van der Waals surface area contributed by atoms with E-state index in [1.807, 2.05) is 54.7 Å². The monoisotopic (exact) mass is 412 g/mol. The van der Waals surface area contributed by atoms with E-state index in [-0.39, 0.29) is 11.9 Å². The Morgan fingerprint density at radius 2 is 1.80 bits per heavy atom. The standard InChI is InChI=1S/C23H32N4O3/c1-16-21(10-11-22(28)30-5)17(2)27(24-16)20-8-6-18(7-9-20)23(29)26(4)19-12-14-25(3)15-13-19/h6-9,19H,10-15H2,1-5H3. The molecule has 7 heteroatoms. The van der Waals surface area contributed by atoms with Gasteiger partial charge in [-0.1, -0.05) is 0 Å². The SMILES string of the molecule is COC(=O)CCc1c(C)nn(-c2ccc(C(=O)N(C)C3CCN(C)CC3)cc2)c1C. The van der Waals surface area contributed by atoms with Gasteiger partial charge in [0.25, 0.3) is 5.91 Å². The van der Waals surface area contributed by atoms with Crippen LogP contribution in [-0.4, -0.2) is 71.8 Å². The molecule has 0 spiro atoms. The summed E-state index contributed by atoms with van der Waals surface area (Å²) in [6.45, 7) is 6.00. The first-order valence-electron chi connectivity index (χ1n) is 10.5. The summed E-state index contributed by atoms with van der Waals surface area (Å²) < 4.78 is 6.61. The molecule has 162 valence electrons. The lowest BCUT2D eigenvalue weighted by Gasteiger charge is -2.35. The van der Waals surface area contributed by atoms with Gasteiger partial charge in [0.15, 0.2) is 0 Å². The maximum atomic E-state index is 12.9. The lowest BCUT2D eigenvalue weighted by Crippen LogP contribution is -2.44. The summed E-state index contributed by atoms with van der Waals surface area (Å²) in [5.74, 6) is -0.165. The molecule has 0 unspecified atom stereocenters. The van der Waals surface area contributed by atoms with Crippen LogP contribution in [0.3, 0.4) is 0 Å². The minimum absolute atomic E-state index is 0.0586. The summed E-state index contributed by atoms with van der Waals surface area (Å²) in [4.78, 5) is 28.6. The molecule has 1 amide bonds. The van der Waals surface area contributed by atoms with Gasteiger partial charge in [-0.2, -0.15) is 5.10 Å². The number of likely N-dealkylation sites (tertiary alicyclic amines) is 1. The molecule has 1 saturated heterocycles. The predicted molar refractivity (Wildman–Crippen MR) is 116 cm³/mol. The number of carbonyl (C=O) groups excluding carboxylic acids is 2. The smallest absolute Gasteiger partial charge is 0.305 e. The Hall–Kier alpha value is -2.67. The van der Waals surface area contributed by atoms with E-state index in [9.17, 15) is 9.59 Å². The van der Waals surface area contributed by atoms with Crippen molar-refractivity contribution in [1.82, 2.24) is 19.6 Å². The Kier molecular flexibility index (Phi) is 6.92. The lowest BCUT2D eigenvalue weighted by atomic mass is 10.0. The van der Waals surface area contributed by atoms with E-state index < -0.39 is 0 Å². The number of carbonyl (C=O) groups is 2. The van der Waals surface area contributed by atoms with E-state index in [2.05, 4.69) is 17.0 Å². The van der Waals surface area contributed by atoms with Crippen molar-refractivity contribution in [2.24, 2.45) is 0 Å². The largest absolute Gasteiger partial charge is 0.469 e. The minimum Gasteiger partial charge on any atom is -0.469 e. The molecule has 30 heavy (non-hydrogen) atoms. The number of methoxy groups -OCH3 is 1. The third kappa shape index (κ3) is 4.73. The third-order valence-corrected chi connectivity index (χ3v) is 6.16. The predicted octanol–water partition coefficient (Wildman–Crippen LogP) is 2.76. The van der Waals surface area contributed by atoms with Crippen LogP contribution < -0.4 is 0 Å². The zero-order valence-electron chi connectivity index (χ0n) is 18.6. The highest BCUT2D eigenvalue weighted by Gasteiger charge is 2.24. The number of amides is 1. The summed E-state index contributed by atoms with van der Waals surface area (Å²) in [7, 11) is 5.43. The first-order chi connectivity index (χ1) is 14.3. The Morgan fingerprint density at radius 1 is 1.17 bits per heavy atom. The van der Waals surface area contributed by atoms with Gasteiger partial charge in [0.2, 0.25) is 0 Å². The van der Waals surface area contributed by atoms with Gasteiger partial charge in [-0.3, -0.25) is 9.59 Å². The zero-order valence-corrected chi connectivity index (χ0v) is 18.6. The van der Waals surface area contributed by atoms with Crippen molar-refractivity contribution >= 4 is 11.9 Å². The highest BCUT2D eigenvalue weighted by molar-refractivity contribution is 5.94. The summed E-state index contributed by atoms with van der Waals surface area (Å²) in [6, 6.07) is 7.89. The Balaban J connectivity index is 1.72. The molecule has 2 aromatic rings. The molecule has 2 heterocycles. The van der Waals surface area contributed by atoms with Gasteiger partial charge in [0, 0.05) is 30.8 Å². The Labute approximate surface area is 178 Å². The molecule has 0 radical (unpaired) electrons. The van der Waals surface area contributed by atoms with Crippen LogP contribution in [0.4, 0.5) is 0 Å². The van der Waals surface area contributed by atoms with Gasteiger partial charge in [-0.25, -0.2) is 4.68 Å². The van der Waals surface area contributed by atoms with Crippen molar-refractivity contribution in [3.63, 3.8) is 0 Å². The molecule has 0 N–H and O–H groups in total. The quantitative estimate of drug-likeness (QED) is 0.683. The van der Waals surface area contributed by atoms with E-state index in [0.29, 0.717) is 24.4 Å². The molecule has 0 saturated carbocycles. The maximum Gasteiger partial charge on any atom is 0.305 e. The van der Waals surface area contributed by atoms with Crippen molar-refractivity contribution in [3.8, 4) is 5.69 Å². The number of ether oxygens (including phenoxy) is 1. The molecular weight excluding hydrogens is 380 g/mol. The fraction of sp³-hybridized carbons (Fsp3) is 0.522. The highest BCUT2D eigenvalue weighted by atomic mass is 16.5. The number of esters is 1. The molecule has 1 aromatic heterocycles. The fourth-order valence-electron chi connectivity index (χ4n) is 4.11. The number of hydrogen-bond acceptors (Lipinski definition) is 5. The van der Waals surface area contributed by atoms with Crippen LogP contribution in [0.15, 0.2) is 24.3 Å². The van der Waals surface area contributed by atoms with Crippen LogP contribution in [0.25, 0.3) is 5.69 Å². The first kappa shape index (κ1) is 22.0. The van der Waals surface area contributed by atoms with Gasteiger partial charge in [-0.15, -0.1) is 0 Å². The summed E-state index contributed by atoms with van der Waals surface area (Å²) in [5, 5.41) is 4.64. The third-order valence-electron chi connectivity index (χ3n) is 6.16. The second kappa shape index (κ2) is 9.43. The molecule has 0 aliphatic carbocycles. The molecule has 7 nitrogen and oxygen atoms in total. The number of piperidine rings is 1. The zero-order chi connectivity index (χ0) is 21.8. The maximum absolute atomic E-state index is 12.9. The molecular formula is C23H32N4O3. The number of aromatic nitrogens is 2. The average molecular weight is 413 g/mol. The number of aryl methyl sites for hydroxylation is 1. The number of benzene rings is 1. The van der Waals surface area contributed by atoms with E-state index in [1.54, 1.807) is 0 Å². The van der Waals surface area contributed by atoms with Crippen LogP contribution in [0.5, 0.6) is 0 Å². The van der Waals surface area contributed by atoms with E-state index in [0.717, 1.165) is 48.6 Å². The van der Waals surface area contributed by atoms with E-state index >= 15 is 0 Å². The van der Waals surface area contributed by atoms with Gasteiger partial charge in [-0.05, 0) is 83.1 Å². The Morgan fingerprint density at radius 3 is 2.40 bits per heavy atom. The molecule has 3 rings (SSSR count). The normalized spacial score (nSPS) is 15.2.